The van der Waals surface area contributed by atoms with Crippen LogP contribution in [0.1, 0.15) is 36.2 Å². The average molecular weight is 348 g/mol. The number of nitrogens with one attached hydrogen (secondary N) is 1. The first-order chi connectivity index (χ1) is 11.5. The molecule has 2 aromatic rings. The van der Waals surface area contributed by atoms with Crippen molar-refractivity contribution in [3.63, 3.8) is 0 Å². The van der Waals surface area contributed by atoms with Crippen LogP contribution in [0.25, 0.3) is 0 Å². The number of methoxy groups -OCH3 is 1. The molecule has 0 aromatic heterocycles. The number of hydrogen-bond donors (Lipinski definition) is 1. The van der Waals surface area contributed by atoms with Gasteiger partial charge in [0.1, 0.15) is 18.1 Å². The minimum Gasteiger partial charge on any atom is -0.496 e. The summed E-state index contributed by atoms with van der Waals surface area (Å²) in [5, 5.41) is 3.50. The van der Waals surface area contributed by atoms with E-state index < -0.39 is 0 Å². The SMILES string of the molecule is CCC(C)NC(=O)c1ccc(OC)c(COc2ccccc2Cl)c1. The van der Waals surface area contributed by atoms with E-state index in [4.69, 9.17) is 21.1 Å². The molecule has 128 valence electrons. The molecule has 0 aliphatic heterocycles. The summed E-state index contributed by atoms with van der Waals surface area (Å²) in [4.78, 5) is 12.3. The molecule has 0 fully saturated rings. The van der Waals surface area contributed by atoms with Crippen LogP contribution in [-0.4, -0.2) is 19.1 Å². The van der Waals surface area contributed by atoms with Crippen molar-refractivity contribution in [3.8, 4) is 11.5 Å². The third kappa shape index (κ3) is 4.65. The number of hydrogen-bond acceptors (Lipinski definition) is 3. The van der Waals surface area contributed by atoms with E-state index in [2.05, 4.69) is 5.32 Å². The fourth-order valence-electron chi connectivity index (χ4n) is 2.16. The summed E-state index contributed by atoms with van der Waals surface area (Å²) in [6.45, 7) is 4.27. The number of ether oxygens (including phenoxy) is 2. The quantitative estimate of drug-likeness (QED) is 0.804. The van der Waals surface area contributed by atoms with Gasteiger partial charge in [-0.25, -0.2) is 0 Å². The standard InChI is InChI=1S/C19H22ClNO3/c1-4-13(2)21-19(22)14-9-10-17(23-3)15(11-14)12-24-18-8-6-5-7-16(18)20/h5-11,13H,4,12H2,1-3H3,(H,21,22). The fraction of sp³-hybridized carbons (Fsp3) is 0.316. The van der Waals surface area contributed by atoms with Crippen LogP contribution in [-0.2, 0) is 6.61 Å². The van der Waals surface area contributed by atoms with Gasteiger partial charge in [0.05, 0.1) is 12.1 Å². The molecule has 24 heavy (non-hydrogen) atoms. The van der Waals surface area contributed by atoms with Crippen LogP contribution in [0, 0.1) is 0 Å². The molecule has 5 heteroatoms. The summed E-state index contributed by atoms with van der Waals surface area (Å²) in [7, 11) is 1.59. The highest BCUT2D eigenvalue weighted by molar-refractivity contribution is 6.32. The molecule has 0 aliphatic rings. The molecule has 1 atom stereocenters. The summed E-state index contributed by atoms with van der Waals surface area (Å²) in [6.07, 6.45) is 0.879. The third-order valence-corrected chi connectivity index (χ3v) is 4.06. The number of benzene rings is 2. The summed E-state index contributed by atoms with van der Waals surface area (Å²) in [5.41, 5.74) is 1.36. The number of carbonyl (C=O) groups is 1. The van der Waals surface area contributed by atoms with Gasteiger partial charge in [-0.3, -0.25) is 4.79 Å². The number of amides is 1. The van der Waals surface area contributed by atoms with Gasteiger partial charge in [0, 0.05) is 17.2 Å². The van der Waals surface area contributed by atoms with E-state index >= 15 is 0 Å². The Morgan fingerprint density at radius 2 is 1.96 bits per heavy atom. The highest BCUT2D eigenvalue weighted by atomic mass is 35.5. The lowest BCUT2D eigenvalue weighted by atomic mass is 10.1. The first kappa shape index (κ1) is 18.1. The predicted molar refractivity (Wildman–Crippen MR) is 96.0 cm³/mol. The van der Waals surface area contributed by atoms with Crippen LogP contribution >= 0.6 is 11.6 Å². The fourth-order valence-corrected chi connectivity index (χ4v) is 2.35. The van der Waals surface area contributed by atoms with Gasteiger partial charge in [-0.1, -0.05) is 30.7 Å². The molecule has 0 saturated heterocycles. The maximum atomic E-state index is 12.3. The Labute approximate surface area is 147 Å². The highest BCUT2D eigenvalue weighted by Gasteiger charge is 2.13. The van der Waals surface area contributed by atoms with Gasteiger partial charge in [-0.15, -0.1) is 0 Å². The van der Waals surface area contributed by atoms with E-state index in [1.165, 1.54) is 0 Å². The second kappa shape index (κ2) is 8.60. The molecule has 0 saturated carbocycles. The van der Waals surface area contributed by atoms with Gasteiger partial charge in [0.15, 0.2) is 0 Å². The van der Waals surface area contributed by atoms with Gasteiger partial charge in [0.2, 0.25) is 0 Å². The minimum absolute atomic E-state index is 0.106. The van der Waals surface area contributed by atoms with Crippen LogP contribution in [0.2, 0.25) is 5.02 Å². The van der Waals surface area contributed by atoms with Gasteiger partial charge in [-0.05, 0) is 43.7 Å². The van der Waals surface area contributed by atoms with E-state index in [0.29, 0.717) is 22.1 Å². The molecule has 0 heterocycles. The van der Waals surface area contributed by atoms with E-state index in [1.54, 1.807) is 37.4 Å². The Balaban J connectivity index is 2.17. The van der Waals surface area contributed by atoms with Crippen LogP contribution in [0.3, 0.4) is 0 Å². The maximum absolute atomic E-state index is 12.3. The van der Waals surface area contributed by atoms with Crippen molar-refractivity contribution in [3.05, 3.63) is 58.6 Å². The van der Waals surface area contributed by atoms with Crippen molar-refractivity contribution in [1.82, 2.24) is 5.32 Å². The summed E-state index contributed by atoms with van der Waals surface area (Å²) >= 11 is 6.10. The average Bonchev–Trinajstić information content (AvgIpc) is 2.60. The first-order valence-electron chi connectivity index (χ1n) is 7.90. The minimum atomic E-state index is -0.106. The highest BCUT2D eigenvalue weighted by Crippen LogP contribution is 2.26. The van der Waals surface area contributed by atoms with Gasteiger partial charge >= 0.3 is 0 Å². The molecule has 2 rings (SSSR count). The zero-order chi connectivity index (χ0) is 17.5. The molecular weight excluding hydrogens is 326 g/mol. The second-order valence-electron chi connectivity index (χ2n) is 5.53. The smallest absolute Gasteiger partial charge is 0.251 e. The predicted octanol–water partition coefficient (Wildman–Crippen LogP) is 4.46. The molecule has 0 radical (unpaired) electrons. The monoisotopic (exact) mass is 347 g/mol. The molecule has 2 aromatic carbocycles. The lowest BCUT2D eigenvalue weighted by Crippen LogP contribution is -2.31. The Bertz CT molecular complexity index is 703. The van der Waals surface area contributed by atoms with E-state index in [-0.39, 0.29) is 18.6 Å². The van der Waals surface area contributed by atoms with E-state index in [9.17, 15) is 4.79 Å². The third-order valence-electron chi connectivity index (χ3n) is 3.75. The molecule has 0 bridgehead atoms. The Kier molecular flexibility index (Phi) is 6.50. The number of carbonyl (C=O) groups excluding carboxylic acids is 1. The molecule has 1 N–H and O–H groups in total. The van der Waals surface area contributed by atoms with Gasteiger partial charge < -0.3 is 14.8 Å². The molecule has 0 aliphatic carbocycles. The van der Waals surface area contributed by atoms with Gasteiger partial charge in [0.25, 0.3) is 5.91 Å². The maximum Gasteiger partial charge on any atom is 0.251 e. The van der Waals surface area contributed by atoms with E-state index in [1.807, 2.05) is 26.0 Å². The van der Waals surface area contributed by atoms with Gasteiger partial charge in [-0.2, -0.15) is 0 Å². The first-order valence-corrected chi connectivity index (χ1v) is 8.28. The topological polar surface area (TPSA) is 47.6 Å². The van der Waals surface area contributed by atoms with Crippen LogP contribution < -0.4 is 14.8 Å². The molecule has 1 amide bonds. The van der Waals surface area contributed by atoms with Crippen LogP contribution in [0.5, 0.6) is 11.5 Å². The van der Waals surface area contributed by atoms with Crippen molar-refractivity contribution >= 4 is 17.5 Å². The molecule has 4 nitrogen and oxygen atoms in total. The second-order valence-corrected chi connectivity index (χ2v) is 5.94. The zero-order valence-corrected chi connectivity index (χ0v) is 14.9. The van der Waals surface area contributed by atoms with Crippen molar-refractivity contribution < 1.29 is 14.3 Å². The summed E-state index contributed by atoms with van der Waals surface area (Å²) in [5.74, 6) is 1.16. The van der Waals surface area contributed by atoms with Crippen molar-refractivity contribution in [2.45, 2.75) is 32.9 Å². The largest absolute Gasteiger partial charge is 0.496 e. The normalized spacial score (nSPS) is 11.7. The number of rotatable bonds is 7. The zero-order valence-electron chi connectivity index (χ0n) is 14.1. The van der Waals surface area contributed by atoms with Crippen molar-refractivity contribution in [1.29, 1.82) is 0 Å². The Morgan fingerprint density at radius 1 is 1.21 bits per heavy atom. The van der Waals surface area contributed by atoms with E-state index in [0.717, 1.165) is 12.0 Å². The molecular formula is C19H22ClNO3. The Hall–Kier alpha value is -2.20. The Morgan fingerprint density at radius 3 is 2.62 bits per heavy atom. The van der Waals surface area contributed by atoms with Crippen LogP contribution in [0.4, 0.5) is 0 Å². The molecule has 1 unspecified atom stereocenters. The number of halogens is 1. The summed E-state index contributed by atoms with van der Waals surface area (Å²) < 4.78 is 11.1. The summed E-state index contributed by atoms with van der Waals surface area (Å²) in [6, 6.07) is 12.7. The van der Waals surface area contributed by atoms with Crippen LogP contribution in [0.15, 0.2) is 42.5 Å². The molecule has 0 spiro atoms. The lowest BCUT2D eigenvalue weighted by Gasteiger charge is -2.14. The van der Waals surface area contributed by atoms with Crippen molar-refractivity contribution in [2.75, 3.05) is 7.11 Å². The van der Waals surface area contributed by atoms with Crippen molar-refractivity contribution in [2.24, 2.45) is 0 Å². The lowest BCUT2D eigenvalue weighted by molar-refractivity contribution is 0.0939. The number of para-hydroxylation sites is 1.